The summed E-state index contributed by atoms with van der Waals surface area (Å²) in [7, 11) is 0. The van der Waals surface area contributed by atoms with Gasteiger partial charge in [-0.3, -0.25) is 14.4 Å². The van der Waals surface area contributed by atoms with Gasteiger partial charge in [0.05, 0.1) is 30.6 Å². The Hall–Kier alpha value is -3.23. The van der Waals surface area contributed by atoms with Crippen LogP contribution in [0.1, 0.15) is 43.4 Å². The van der Waals surface area contributed by atoms with Gasteiger partial charge in [0, 0.05) is 12.2 Å². The molecular weight excluding hydrogens is 482 g/mol. The molecule has 1 spiro atoms. The maximum Gasteiger partial charge on any atom is 0.250 e. The number of carbonyl (C=O) groups excluding carboxylic acids is 3. The number of fused-ring (bicyclic) bond motifs is 1. The summed E-state index contributed by atoms with van der Waals surface area (Å²) in [6.45, 7) is 7.76. The number of amides is 3. The van der Waals surface area contributed by atoms with Crippen LogP contribution in [0.15, 0.2) is 48.5 Å². The van der Waals surface area contributed by atoms with Crippen LogP contribution in [0.4, 0.5) is 5.69 Å². The van der Waals surface area contributed by atoms with Gasteiger partial charge in [-0.25, -0.2) is 0 Å². The topological polar surface area (TPSA) is 108 Å². The van der Waals surface area contributed by atoms with Crippen molar-refractivity contribution >= 4 is 23.4 Å². The molecule has 3 aliphatic rings. The fourth-order valence-electron chi connectivity index (χ4n) is 6.77. The molecule has 3 heterocycles. The van der Waals surface area contributed by atoms with Crippen molar-refractivity contribution in [3.63, 3.8) is 0 Å². The third-order valence-electron chi connectivity index (χ3n) is 8.64. The van der Waals surface area contributed by atoms with Gasteiger partial charge in [0.25, 0.3) is 0 Å². The number of aliphatic hydroxyl groups excluding tert-OH is 1. The van der Waals surface area contributed by atoms with Crippen LogP contribution in [-0.4, -0.2) is 58.1 Å². The smallest absolute Gasteiger partial charge is 0.250 e. The third kappa shape index (κ3) is 4.20. The molecule has 2 bridgehead atoms. The Bertz CT molecular complexity index is 1210. The average molecular weight is 520 g/mol. The third-order valence-corrected chi connectivity index (χ3v) is 8.64. The maximum atomic E-state index is 14.1. The van der Waals surface area contributed by atoms with Crippen LogP contribution in [0.25, 0.3) is 0 Å². The summed E-state index contributed by atoms with van der Waals surface area (Å²) < 4.78 is 6.51. The largest absolute Gasteiger partial charge is 0.394 e. The molecule has 8 nitrogen and oxygen atoms in total. The quantitative estimate of drug-likeness (QED) is 0.497. The number of hydrogen-bond acceptors (Lipinski definition) is 5. The van der Waals surface area contributed by atoms with E-state index < -0.39 is 35.6 Å². The van der Waals surface area contributed by atoms with Gasteiger partial charge in [-0.05, 0) is 49.3 Å². The highest BCUT2D eigenvalue weighted by Gasteiger charge is 2.75. The first-order chi connectivity index (χ1) is 18.2. The minimum absolute atomic E-state index is 0.0998. The number of benzene rings is 2. The molecule has 0 aromatic heterocycles. The van der Waals surface area contributed by atoms with Crippen molar-refractivity contribution in [3.05, 3.63) is 65.2 Å². The minimum atomic E-state index is -1.11. The molecule has 3 aliphatic heterocycles. The molecule has 0 aliphatic carbocycles. The number of aryl methyl sites for hydroxylation is 2. The summed E-state index contributed by atoms with van der Waals surface area (Å²) in [6, 6.07) is 13.9. The standard InChI is InChI=1S/C30H37N3O5/c1-17(2)21(16-34)33-26(28(36)32-25-18(3)9-8-10-19(25)4)30-14-13-22(38-30)23(24(30)29(33)37)27(35)31-15-20-11-6-5-7-12-20/h5-12,17,21-24,26,34H,13-16H2,1-4H3,(H,31,35)(H,32,36)/t21-,22-,23+,24-,26?,30?/m0/s1. The van der Waals surface area contributed by atoms with E-state index in [1.54, 1.807) is 0 Å². The molecule has 2 unspecified atom stereocenters. The first-order valence-corrected chi connectivity index (χ1v) is 13.5. The molecule has 0 radical (unpaired) electrons. The molecule has 3 N–H and O–H groups in total. The fourth-order valence-corrected chi connectivity index (χ4v) is 6.77. The lowest BCUT2D eigenvalue weighted by molar-refractivity contribution is -0.145. The van der Waals surface area contributed by atoms with Crippen LogP contribution in [0.5, 0.6) is 0 Å². The molecule has 8 heteroatoms. The summed E-state index contributed by atoms with van der Waals surface area (Å²) >= 11 is 0. The summed E-state index contributed by atoms with van der Waals surface area (Å²) in [5, 5.41) is 16.4. The maximum absolute atomic E-state index is 14.1. The fraction of sp³-hybridized carbons (Fsp3) is 0.500. The minimum Gasteiger partial charge on any atom is -0.394 e. The molecular formula is C30H37N3O5. The number of para-hydroxylation sites is 1. The highest BCUT2D eigenvalue weighted by Crippen LogP contribution is 2.59. The number of hydrogen-bond donors (Lipinski definition) is 3. The second-order valence-corrected chi connectivity index (χ2v) is 11.3. The predicted molar refractivity (Wildman–Crippen MR) is 143 cm³/mol. The van der Waals surface area contributed by atoms with E-state index in [0.29, 0.717) is 25.1 Å². The number of nitrogens with zero attached hydrogens (tertiary/aromatic N) is 1. The van der Waals surface area contributed by atoms with Crippen molar-refractivity contribution in [2.24, 2.45) is 17.8 Å². The zero-order chi connectivity index (χ0) is 27.2. The van der Waals surface area contributed by atoms with Crippen molar-refractivity contribution in [3.8, 4) is 0 Å². The number of anilines is 1. The van der Waals surface area contributed by atoms with Crippen LogP contribution in [-0.2, 0) is 25.7 Å². The number of nitrogens with one attached hydrogen (secondary N) is 2. The molecule has 3 fully saturated rings. The highest BCUT2D eigenvalue weighted by atomic mass is 16.5. The van der Waals surface area contributed by atoms with E-state index in [4.69, 9.17) is 4.74 Å². The van der Waals surface area contributed by atoms with E-state index in [-0.39, 0.29) is 30.2 Å². The molecule has 202 valence electrons. The Morgan fingerprint density at radius 2 is 1.76 bits per heavy atom. The molecule has 6 atom stereocenters. The summed E-state index contributed by atoms with van der Waals surface area (Å²) in [4.78, 5) is 43.2. The van der Waals surface area contributed by atoms with Crippen molar-refractivity contribution in [2.75, 3.05) is 11.9 Å². The van der Waals surface area contributed by atoms with Gasteiger partial charge in [0.1, 0.15) is 11.6 Å². The van der Waals surface area contributed by atoms with E-state index in [1.165, 1.54) is 4.90 Å². The number of likely N-dealkylation sites (tertiary alicyclic amines) is 1. The van der Waals surface area contributed by atoms with Crippen LogP contribution < -0.4 is 10.6 Å². The lowest BCUT2D eigenvalue weighted by atomic mass is 9.70. The molecule has 38 heavy (non-hydrogen) atoms. The van der Waals surface area contributed by atoms with Crippen molar-refractivity contribution in [1.82, 2.24) is 10.2 Å². The van der Waals surface area contributed by atoms with Crippen molar-refractivity contribution in [2.45, 2.75) is 70.9 Å². The van der Waals surface area contributed by atoms with Crippen LogP contribution in [0.2, 0.25) is 0 Å². The Morgan fingerprint density at radius 3 is 2.39 bits per heavy atom. The van der Waals surface area contributed by atoms with Crippen molar-refractivity contribution in [1.29, 1.82) is 0 Å². The lowest BCUT2D eigenvalue weighted by Gasteiger charge is -2.38. The van der Waals surface area contributed by atoms with Crippen molar-refractivity contribution < 1.29 is 24.2 Å². The van der Waals surface area contributed by atoms with E-state index in [2.05, 4.69) is 10.6 Å². The molecule has 3 saturated heterocycles. The first-order valence-electron chi connectivity index (χ1n) is 13.5. The summed E-state index contributed by atoms with van der Waals surface area (Å²) in [5.41, 5.74) is 2.39. The van der Waals surface area contributed by atoms with Gasteiger partial charge >= 0.3 is 0 Å². The van der Waals surface area contributed by atoms with Crippen LogP contribution in [0.3, 0.4) is 0 Å². The number of ether oxygens (including phenoxy) is 1. The van der Waals surface area contributed by atoms with Gasteiger partial charge in [0.2, 0.25) is 17.7 Å². The number of rotatable bonds is 8. The Balaban J connectivity index is 1.49. The molecule has 2 aromatic rings. The second-order valence-electron chi connectivity index (χ2n) is 11.3. The summed E-state index contributed by atoms with van der Waals surface area (Å²) in [5.74, 6) is -2.44. The van der Waals surface area contributed by atoms with Gasteiger partial charge in [-0.2, -0.15) is 0 Å². The second kappa shape index (κ2) is 10.2. The van der Waals surface area contributed by atoms with E-state index in [9.17, 15) is 19.5 Å². The monoisotopic (exact) mass is 519 g/mol. The average Bonchev–Trinajstić information content (AvgIpc) is 3.53. The molecule has 5 rings (SSSR count). The predicted octanol–water partition coefficient (Wildman–Crippen LogP) is 2.95. The van der Waals surface area contributed by atoms with Gasteiger partial charge in [-0.15, -0.1) is 0 Å². The van der Waals surface area contributed by atoms with Crippen LogP contribution in [0, 0.1) is 31.6 Å². The van der Waals surface area contributed by atoms with E-state index in [1.807, 2.05) is 76.2 Å². The zero-order valence-corrected chi connectivity index (χ0v) is 22.4. The number of carbonyl (C=O) groups is 3. The summed E-state index contributed by atoms with van der Waals surface area (Å²) in [6.07, 6.45) is 0.678. The lowest BCUT2D eigenvalue weighted by Crippen LogP contribution is -2.57. The van der Waals surface area contributed by atoms with Gasteiger partial charge in [-0.1, -0.05) is 62.4 Å². The molecule has 0 saturated carbocycles. The van der Waals surface area contributed by atoms with E-state index >= 15 is 0 Å². The molecule has 3 amide bonds. The van der Waals surface area contributed by atoms with Gasteiger partial charge < -0.3 is 25.4 Å². The molecule has 2 aromatic carbocycles. The van der Waals surface area contributed by atoms with Gasteiger partial charge in [0.15, 0.2) is 0 Å². The highest BCUT2D eigenvalue weighted by molar-refractivity contribution is 6.04. The first kappa shape index (κ1) is 26.4. The Labute approximate surface area is 223 Å². The Morgan fingerprint density at radius 1 is 1.08 bits per heavy atom. The normalized spacial score (nSPS) is 28.5. The van der Waals surface area contributed by atoms with Crippen LogP contribution >= 0.6 is 0 Å². The Kier molecular flexibility index (Phi) is 7.05. The SMILES string of the molecule is Cc1cccc(C)c1NC(=O)C1N([C@@H](CO)C(C)C)C(=O)[C@@H]2[C@H](C(=O)NCc3ccccc3)[C@@H]3CCC12O3. The van der Waals surface area contributed by atoms with E-state index in [0.717, 1.165) is 16.7 Å². The number of aliphatic hydroxyl groups is 1. The zero-order valence-electron chi connectivity index (χ0n) is 22.4.